The van der Waals surface area contributed by atoms with Crippen LogP contribution in [0, 0.1) is 0 Å². The van der Waals surface area contributed by atoms with E-state index in [0.29, 0.717) is 11.3 Å². The van der Waals surface area contributed by atoms with Crippen LogP contribution in [0.25, 0.3) is 0 Å². The molecule has 1 N–H and O–H groups in total. The highest BCUT2D eigenvalue weighted by Crippen LogP contribution is 2.31. The van der Waals surface area contributed by atoms with E-state index in [1.807, 2.05) is 0 Å². The fourth-order valence-corrected chi connectivity index (χ4v) is 4.66. The lowest BCUT2D eigenvalue weighted by atomic mass is 9.81. The Morgan fingerprint density at radius 2 is 1.47 bits per heavy atom. The van der Waals surface area contributed by atoms with Crippen LogP contribution in [-0.2, 0) is 23.8 Å². The number of methoxy groups -OCH3 is 2. The lowest BCUT2D eigenvalue weighted by Gasteiger charge is -2.45. The monoisotopic (exact) mass is 468 g/mol. The molecular formula is C26H32N2O6. The number of piperidine rings is 1. The van der Waals surface area contributed by atoms with E-state index in [9.17, 15) is 14.4 Å². The highest BCUT2D eigenvalue weighted by Gasteiger charge is 2.39. The van der Waals surface area contributed by atoms with Gasteiger partial charge in [0.05, 0.1) is 25.4 Å². The quantitative estimate of drug-likeness (QED) is 0.517. The average Bonchev–Trinajstić information content (AvgIpc) is 2.99. The van der Waals surface area contributed by atoms with Crippen molar-refractivity contribution in [1.29, 1.82) is 0 Å². The van der Waals surface area contributed by atoms with Gasteiger partial charge in [0.15, 0.2) is 0 Å². The van der Waals surface area contributed by atoms with Gasteiger partial charge in [0, 0.05) is 35.8 Å². The van der Waals surface area contributed by atoms with Gasteiger partial charge in [-0.25, -0.2) is 14.4 Å². The molecule has 8 heteroatoms. The molecule has 0 aromatic heterocycles. The molecule has 0 unspecified atom stereocenters. The molecule has 0 saturated carbocycles. The van der Waals surface area contributed by atoms with Crippen LogP contribution < -0.4 is 10.2 Å². The highest BCUT2D eigenvalue weighted by atomic mass is 16.5. The Labute approximate surface area is 200 Å². The lowest BCUT2D eigenvalue weighted by Crippen LogP contribution is -2.59. The molecule has 0 radical (unpaired) electrons. The van der Waals surface area contributed by atoms with Gasteiger partial charge in [-0.1, -0.05) is 6.08 Å². The number of anilines is 1. The van der Waals surface area contributed by atoms with E-state index in [-0.39, 0.29) is 28.5 Å². The van der Waals surface area contributed by atoms with Crippen LogP contribution in [-0.4, -0.2) is 49.3 Å². The van der Waals surface area contributed by atoms with Crippen molar-refractivity contribution in [3.05, 3.63) is 65.5 Å². The molecule has 0 spiro atoms. The molecule has 0 atom stereocenters. The summed E-state index contributed by atoms with van der Waals surface area (Å²) < 4.78 is 15.6. The summed E-state index contributed by atoms with van der Waals surface area (Å²) in [6, 6.07) is 6.63. The van der Waals surface area contributed by atoms with Crippen molar-refractivity contribution in [3.8, 4) is 0 Å². The number of nitrogens with zero attached hydrogens (tertiary/aromatic N) is 1. The van der Waals surface area contributed by atoms with Crippen molar-refractivity contribution in [2.45, 2.75) is 57.7 Å². The van der Waals surface area contributed by atoms with Crippen molar-refractivity contribution in [1.82, 2.24) is 5.32 Å². The Hall–Kier alpha value is -3.39. The van der Waals surface area contributed by atoms with Gasteiger partial charge in [-0.2, -0.15) is 0 Å². The molecule has 2 aliphatic heterocycles. The minimum atomic E-state index is -0.698. The predicted octanol–water partition coefficient (Wildman–Crippen LogP) is 3.64. The van der Waals surface area contributed by atoms with Crippen LogP contribution in [0.2, 0.25) is 0 Å². The second-order valence-electron chi connectivity index (χ2n) is 9.69. The summed E-state index contributed by atoms with van der Waals surface area (Å²) in [5, 5.41) is 3.57. The van der Waals surface area contributed by atoms with Gasteiger partial charge < -0.3 is 24.4 Å². The Morgan fingerprint density at radius 3 is 2.03 bits per heavy atom. The maximum absolute atomic E-state index is 12.9. The normalized spacial score (nSPS) is 19.4. The third-order valence-electron chi connectivity index (χ3n) is 5.70. The summed E-state index contributed by atoms with van der Waals surface area (Å²) >= 11 is 0. The molecule has 0 amide bonds. The Balaban J connectivity index is 1.84. The van der Waals surface area contributed by atoms with Crippen LogP contribution in [0.15, 0.2) is 60.0 Å². The summed E-state index contributed by atoms with van der Waals surface area (Å²) in [7, 11) is 2.48. The molecule has 2 heterocycles. The number of hydrogen-bond acceptors (Lipinski definition) is 8. The molecule has 8 nitrogen and oxygen atoms in total. The van der Waals surface area contributed by atoms with Crippen molar-refractivity contribution in [2.24, 2.45) is 0 Å². The van der Waals surface area contributed by atoms with E-state index >= 15 is 0 Å². The number of ether oxygens (including phenoxy) is 3. The van der Waals surface area contributed by atoms with E-state index in [1.54, 1.807) is 42.6 Å². The fourth-order valence-electron chi connectivity index (χ4n) is 4.66. The molecule has 1 aromatic rings. The fraction of sp³-hybridized carbons (Fsp3) is 0.423. The third kappa shape index (κ3) is 5.75. The summed E-state index contributed by atoms with van der Waals surface area (Å²) in [5.41, 5.74) is 0.733. The number of esters is 3. The molecule has 0 aliphatic carbocycles. The minimum absolute atomic E-state index is 0.00819. The topological polar surface area (TPSA) is 94.2 Å². The Kier molecular flexibility index (Phi) is 7.31. The van der Waals surface area contributed by atoms with Gasteiger partial charge in [-0.05, 0) is 64.1 Å². The van der Waals surface area contributed by atoms with Gasteiger partial charge in [-0.3, -0.25) is 0 Å². The largest absolute Gasteiger partial charge is 0.465 e. The number of benzene rings is 1. The number of hydrogen-bond donors (Lipinski definition) is 1. The van der Waals surface area contributed by atoms with Crippen LogP contribution in [0.3, 0.4) is 0 Å². The summed E-state index contributed by atoms with van der Waals surface area (Å²) in [4.78, 5) is 39.2. The SMILES string of the molecule is COC(=O)C1=C(C(=O)OC)N(c2ccc(C(=O)OC3CC(C)(C)NC(C)(C)C3)cc2)C=CC=C1. The van der Waals surface area contributed by atoms with Gasteiger partial charge in [0.25, 0.3) is 0 Å². The molecule has 0 bridgehead atoms. The van der Waals surface area contributed by atoms with E-state index in [0.717, 1.165) is 12.8 Å². The van der Waals surface area contributed by atoms with Crippen molar-refractivity contribution in [3.63, 3.8) is 0 Å². The predicted molar refractivity (Wildman–Crippen MR) is 128 cm³/mol. The number of carbonyl (C=O) groups excluding carboxylic acids is 3. The highest BCUT2D eigenvalue weighted by molar-refractivity contribution is 6.05. The summed E-state index contributed by atoms with van der Waals surface area (Å²) in [6.45, 7) is 8.40. The van der Waals surface area contributed by atoms with Gasteiger partial charge in [-0.15, -0.1) is 0 Å². The van der Waals surface area contributed by atoms with Crippen molar-refractivity contribution < 1.29 is 28.6 Å². The molecule has 1 saturated heterocycles. The van der Waals surface area contributed by atoms with Crippen molar-refractivity contribution in [2.75, 3.05) is 19.1 Å². The van der Waals surface area contributed by atoms with E-state index < -0.39 is 17.9 Å². The van der Waals surface area contributed by atoms with Gasteiger partial charge >= 0.3 is 17.9 Å². The number of nitrogens with one attached hydrogen (secondary N) is 1. The smallest absolute Gasteiger partial charge is 0.355 e. The minimum Gasteiger partial charge on any atom is -0.465 e. The molecule has 2 aliphatic rings. The molecule has 1 fully saturated rings. The first-order valence-electron chi connectivity index (χ1n) is 11.1. The summed E-state index contributed by atoms with van der Waals surface area (Å²) in [6.07, 6.45) is 7.66. The van der Waals surface area contributed by atoms with Crippen LogP contribution in [0.5, 0.6) is 0 Å². The van der Waals surface area contributed by atoms with Crippen LogP contribution in [0.1, 0.15) is 50.9 Å². The van der Waals surface area contributed by atoms with E-state index in [1.165, 1.54) is 25.2 Å². The Bertz CT molecular complexity index is 1030. The number of carbonyl (C=O) groups is 3. The molecule has 34 heavy (non-hydrogen) atoms. The first-order chi connectivity index (χ1) is 16.0. The third-order valence-corrected chi connectivity index (χ3v) is 5.70. The first kappa shape index (κ1) is 25.2. The summed E-state index contributed by atoms with van der Waals surface area (Å²) in [5.74, 6) is -1.77. The maximum atomic E-state index is 12.9. The second kappa shape index (κ2) is 9.85. The standard InChI is InChI=1S/C26H32N2O6/c1-25(2)15-19(16-26(3,4)27-25)34-22(29)17-10-12-18(13-11-17)28-14-8-7-9-20(23(30)32-5)21(28)24(31)33-6/h7-14,19,27H,15-16H2,1-6H3. The molecule has 1 aromatic carbocycles. The Morgan fingerprint density at radius 1 is 0.882 bits per heavy atom. The van der Waals surface area contributed by atoms with Gasteiger partial charge in [0.2, 0.25) is 0 Å². The molecular weight excluding hydrogens is 436 g/mol. The molecule has 3 rings (SSSR count). The van der Waals surface area contributed by atoms with Crippen molar-refractivity contribution >= 4 is 23.6 Å². The lowest BCUT2D eigenvalue weighted by molar-refractivity contribution is -0.139. The van der Waals surface area contributed by atoms with Crippen LogP contribution in [0.4, 0.5) is 5.69 Å². The second-order valence-corrected chi connectivity index (χ2v) is 9.69. The number of allylic oxidation sites excluding steroid dienone is 2. The zero-order valence-electron chi connectivity index (χ0n) is 20.5. The van der Waals surface area contributed by atoms with E-state index in [2.05, 4.69) is 33.0 Å². The molecule has 182 valence electrons. The zero-order chi connectivity index (χ0) is 25.1. The first-order valence-corrected chi connectivity index (χ1v) is 11.1. The van der Waals surface area contributed by atoms with Gasteiger partial charge in [0.1, 0.15) is 11.8 Å². The van der Waals surface area contributed by atoms with Crippen LogP contribution >= 0.6 is 0 Å². The van der Waals surface area contributed by atoms with E-state index in [4.69, 9.17) is 14.2 Å². The average molecular weight is 469 g/mol. The zero-order valence-corrected chi connectivity index (χ0v) is 20.5. The number of rotatable bonds is 5. The maximum Gasteiger partial charge on any atom is 0.355 e.